The fraction of sp³-hybridized carbons (Fsp3) is 0.280. The summed E-state index contributed by atoms with van der Waals surface area (Å²) in [6, 6.07) is 10.4. The molecular weight excluding hydrogens is 456 g/mol. The maximum absolute atomic E-state index is 12.8. The summed E-state index contributed by atoms with van der Waals surface area (Å²) in [6.07, 6.45) is -0.146. The molecule has 1 heterocycles. The lowest BCUT2D eigenvalue weighted by Gasteiger charge is -2.44. The molecule has 0 bridgehead atoms. The van der Waals surface area contributed by atoms with E-state index in [2.05, 4.69) is 0 Å². The second kappa shape index (κ2) is 9.49. The molecule has 0 fully saturated rings. The predicted octanol–water partition coefficient (Wildman–Crippen LogP) is 3.76. The van der Waals surface area contributed by atoms with Gasteiger partial charge in [-0.3, -0.25) is 10.1 Å². The number of hydrogen-bond donors (Lipinski definition) is 2. The molecule has 0 amide bonds. The Balaban J connectivity index is 2.50. The minimum atomic E-state index is -1.77. The van der Waals surface area contributed by atoms with Gasteiger partial charge in [0.25, 0.3) is 5.69 Å². The van der Waals surface area contributed by atoms with Gasteiger partial charge in [0.05, 0.1) is 35.7 Å². The zero-order valence-electron chi connectivity index (χ0n) is 20.0. The van der Waals surface area contributed by atoms with Crippen molar-refractivity contribution < 1.29 is 34.2 Å². The van der Waals surface area contributed by atoms with Crippen LogP contribution in [0, 0.1) is 10.1 Å². The Morgan fingerprint density at radius 3 is 2.09 bits per heavy atom. The minimum absolute atomic E-state index is 0.146. The molecule has 0 aliphatic carbocycles. The van der Waals surface area contributed by atoms with E-state index in [0.29, 0.717) is 28.5 Å². The number of nitrogens with zero attached hydrogens (tertiary/aromatic N) is 2. The van der Waals surface area contributed by atoms with Crippen molar-refractivity contribution in [2.24, 2.45) is 0 Å². The summed E-state index contributed by atoms with van der Waals surface area (Å²) in [5, 5.41) is 32.4. The molecule has 0 saturated heterocycles. The molecule has 35 heavy (non-hydrogen) atoms. The molecule has 1 aliphatic heterocycles. The minimum Gasteiger partial charge on any atom is -0.497 e. The predicted molar refractivity (Wildman–Crippen MR) is 126 cm³/mol. The maximum atomic E-state index is 12.8. The first kappa shape index (κ1) is 25.3. The summed E-state index contributed by atoms with van der Waals surface area (Å²) in [6.45, 7) is 3.17. The largest absolute Gasteiger partial charge is 0.497 e. The van der Waals surface area contributed by atoms with Gasteiger partial charge in [-0.25, -0.2) is 9.59 Å². The molecule has 10 heteroatoms. The van der Waals surface area contributed by atoms with Gasteiger partial charge >= 0.3 is 11.9 Å². The third-order valence-electron chi connectivity index (χ3n) is 6.51. The zero-order chi connectivity index (χ0) is 26.1. The van der Waals surface area contributed by atoms with Gasteiger partial charge in [0.1, 0.15) is 11.5 Å². The van der Waals surface area contributed by atoms with Crippen LogP contribution in [-0.4, -0.2) is 53.2 Å². The highest BCUT2D eigenvalue weighted by Gasteiger charge is 2.52. The van der Waals surface area contributed by atoms with Crippen molar-refractivity contribution in [2.75, 3.05) is 21.3 Å². The Kier molecular flexibility index (Phi) is 6.86. The summed E-state index contributed by atoms with van der Waals surface area (Å²) >= 11 is 0. The molecule has 0 spiro atoms. The van der Waals surface area contributed by atoms with Crippen LogP contribution in [0.4, 0.5) is 5.69 Å². The Labute approximate surface area is 201 Å². The monoisotopic (exact) mass is 482 g/mol. The summed E-state index contributed by atoms with van der Waals surface area (Å²) in [4.78, 5) is 38.0. The Morgan fingerprint density at radius 2 is 1.60 bits per heavy atom. The number of methoxy groups -OCH3 is 2. The van der Waals surface area contributed by atoms with Crippen LogP contribution in [0.5, 0.6) is 11.5 Å². The Morgan fingerprint density at radius 1 is 1.00 bits per heavy atom. The zero-order valence-corrected chi connectivity index (χ0v) is 20.0. The number of allylic oxidation sites excluding steroid dienone is 2. The van der Waals surface area contributed by atoms with Gasteiger partial charge in [-0.15, -0.1) is 0 Å². The summed E-state index contributed by atoms with van der Waals surface area (Å²) in [7, 11) is 4.51. The van der Waals surface area contributed by atoms with Crippen molar-refractivity contribution in [3.63, 3.8) is 0 Å². The average molecular weight is 482 g/mol. The standard InChI is InChI=1S/C25H26N2O8/c1-14-21(23(28)29)25(22(24(30)31)15(2)26(14)3,17-7-6-8-18(11-17)27(32)33)13-16-9-10-19(34-4)12-20(16)35-5/h6-12H,13H2,1-5H3,(H,28,29)(H,30,31). The third-order valence-corrected chi connectivity index (χ3v) is 6.51. The van der Waals surface area contributed by atoms with E-state index in [-0.39, 0.29) is 28.8 Å². The maximum Gasteiger partial charge on any atom is 0.334 e. The molecule has 2 aromatic rings. The van der Waals surface area contributed by atoms with Gasteiger partial charge in [0, 0.05) is 36.6 Å². The second-order valence-corrected chi connectivity index (χ2v) is 8.16. The number of aliphatic carboxylic acids is 2. The van der Waals surface area contributed by atoms with Crippen molar-refractivity contribution in [1.29, 1.82) is 0 Å². The quantitative estimate of drug-likeness (QED) is 0.425. The van der Waals surface area contributed by atoms with Crippen molar-refractivity contribution in [1.82, 2.24) is 4.90 Å². The SMILES string of the molecule is COc1ccc(CC2(c3cccc([N+](=O)[O-])c3)C(C(=O)O)=C(C)N(C)C(C)=C2C(=O)O)c(OC)c1. The molecule has 0 aromatic heterocycles. The van der Waals surface area contributed by atoms with Gasteiger partial charge in [-0.05, 0) is 37.5 Å². The highest BCUT2D eigenvalue weighted by Crippen LogP contribution is 2.50. The number of rotatable bonds is 8. The van der Waals surface area contributed by atoms with Crippen LogP contribution in [0.25, 0.3) is 0 Å². The first-order valence-electron chi connectivity index (χ1n) is 10.6. The summed E-state index contributed by atoms with van der Waals surface area (Å²) < 4.78 is 10.8. The number of ether oxygens (including phenoxy) is 2. The Bertz CT molecular complexity index is 1240. The van der Waals surface area contributed by atoms with Crippen LogP contribution in [0.3, 0.4) is 0 Å². The molecule has 2 aromatic carbocycles. The molecule has 2 N–H and O–H groups in total. The lowest BCUT2D eigenvalue weighted by atomic mass is 9.62. The van der Waals surface area contributed by atoms with Crippen molar-refractivity contribution in [2.45, 2.75) is 25.7 Å². The Hall–Kier alpha value is -4.34. The molecule has 3 rings (SSSR count). The van der Waals surface area contributed by atoms with Gasteiger partial charge in [-0.1, -0.05) is 18.2 Å². The lowest BCUT2D eigenvalue weighted by Crippen LogP contribution is -2.46. The van der Waals surface area contributed by atoms with Crippen molar-refractivity contribution in [3.8, 4) is 11.5 Å². The van der Waals surface area contributed by atoms with Crippen molar-refractivity contribution in [3.05, 3.63) is 86.2 Å². The van der Waals surface area contributed by atoms with E-state index in [1.165, 1.54) is 43.4 Å². The molecule has 0 radical (unpaired) electrons. The van der Waals surface area contributed by atoms with Crippen LogP contribution < -0.4 is 9.47 Å². The number of benzene rings is 2. The van der Waals surface area contributed by atoms with Gasteiger partial charge in [0.2, 0.25) is 0 Å². The first-order valence-corrected chi connectivity index (χ1v) is 10.6. The van der Waals surface area contributed by atoms with Gasteiger partial charge in [0.15, 0.2) is 0 Å². The van der Waals surface area contributed by atoms with E-state index in [9.17, 15) is 29.9 Å². The van der Waals surface area contributed by atoms with Crippen LogP contribution in [-0.2, 0) is 21.4 Å². The molecular formula is C25H26N2O8. The first-order chi connectivity index (χ1) is 16.5. The fourth-order valence-corrected chi connectivity index (χ4v) is 4.74. The fourth-order valence-electron chi connectivity index (χ4n) is 4.74. The molecule has 0 atom stereocenters. The second-order valence-electron chi connectivity index (χ2n) is 8.16. The molecule has 0 saturated carbocycles. The van der Waals surface area contributed by atoms with E-state index in [4.69, 9.17) is 9.47 Å². The molecule has 1 aliphatic rings. The number of carbonyl (C=O) groups is 2. The number of non-ortho nitro benzene ring substituents is 1. The number of carboxylic acid groups (broad SMARTS) is 2. The van der Waals surface area contributed by atoms with E-state index in [0.717, 1.165) is 0 Å². The lowest BCUT2D eigenvalue weighted by molar-refractivity contribution is -0.385. The van der Waals surface area contributed by atoms with Crippen LogP contribution in [0.1, 0.15) is 25.0 Å². The van der Waals surface area contributed by atoms with Crippen molar-refractivity contribution >= 4 is 17.6 Å². The van der Waals surface area contributed by atoms with Gasteiger partial charge < -0.3 is 24.6 Å². The van der Waals surface area contributed by atoms with Gasteiger partial charge in [-0.2, -0.15) is 0 Å². The summed E-state index contributed by atoms with van der Waals surface area (Å²) in [5.41, 5.74) is -1.13. The normalized spacial score (nSPS) is 15.2. The molecule has 184 valence electrons. The highest BCUT2D eigenvalue weighted by atomic mass is 16.6. The van der Waals surface area contributed by atoms with E-state index < -0.39 is 22.3 Å². The van der Waals surface area contributed by atoms with E-state index >= 15 is 0 Å². The van der Waals surface area contributed by atoms with Crippen LogP contribution in [0.15, 0.2) is 65.0 Å². The number of nitro groups is 1. The van der Waals surface area contributed by atoms with Crippen LogP contribution >= 0.6 is 0 Å². The third kappa shape index (κ3) is 4.18. The van der Waals surface area contributed by atoms with E-state index in [1.807, 2.05) is 0 Å². The number of nitro benzene ring substituents is 1. The molecule has 0 unspecified atom stereocenters. The number of hydrogen-bond acceptors (Lipinski definition) is 7. The van der Waals surface area contributed by atoms with E-state index in [1.54, 1.807) is 39.1 Å². The number of carboxylic acids is 2. The summed E-state index contributed by atoms with van der Waals surface area (Å²) in [5.74, 6) is -1.81. The molecule has 10 nitrogen and oxygen atoms in total. The average Bonchev–Trinajstić information content (AvgIpc) is 2.82. The van der Waals surface area contributed by atoms with Crippen LogP contribution in [0.2, 0.25) is 0 Å². The topological polar surface area (TPSA) is 139 Å². The smallest absolute Gasteiger partial charge is 0.334 e. The highest BCUT2D eigenvalue weighted by molar-refractivity contribution is 6.01.